The summed E-state index contributed by atoms with van der Waals surface area (Å²) in [6, 6.07) is 7.57. The van der Waals surface area contributed by atoms with Crippen molar-refractivity contribution in [1.82, 2.24) is 10.3 Å². The van der Waals surface area contributed by atoms with E-state index in [1.807, 2.05) is 19.1 Å². The molecule has 150 valence electrons. The summed E-state index contributed by atoms with van der Waals surface area (Å²) in [5, 5.41) is 22.8. The van der Waals surface area contributed by atoms with Gasteiger partial charge in [0.2, 0.25) is 5.91 Å². The number of pyridine rings is 1. The molecule has 0 aromatic carbocycles. The van der Waals surface area contributed by atoms with Gasteiger partial charge in [-0.3, -0.25) is 4.79 Å². The fourth-order valence-electron chi connectivity index (χ4n) is 4.59. The third kappa shape index (κ3) is 3.59. The van der Waals surface area contributed by atoms with Crippen LogP contribution >= 0.6 is 0 Å². The number of anilines is 1. The Morgan fingerprint density at radius 2 is 2.14 bits per heavy atom. The van der Waals surface area contributed by atoms with Crippen LogP contribution < -0.4 is 10.2 Å². The summed E-state index contributed by atoms with van der Waals surface area (Å²) < 4.78 is 6.12. The number of aliphatic hydroxyl groups is 1. The lowest BCUT2D eigenvalue weighted by molar-refractivity contribution is -0.174. The first-order chi connectivity index (χ1) is 13.4. The van der Waals surface area contributed by atoms with Crippen LogP contribution in [0.15, 0.2) is 18.2 Å². The molecule has 1 amide bonds. The van der Waals surface area contributed by atoms with Crippen LogP contribution in [0.1, 0.15) is 51.1 Å². The Hall–Kier alpha value is -2.17. The third-order valence-electron chi connectivity index (χ3n) is 6.70. The van der Waals surface area contributed by atoms with E-state index in [1.165, 1.54) is 0 Å². The average Bonchev–Trinajstić information content (AvgIpc) is 2.64. The molecular formula is C21H28N4O3. The fraction of sp³-hybridized carbons (Fsp3) is 0.667. The van der Waals surface area contributed by atoms with Crippen LogP contribution in [0.3, 0.4) is 0 Å². The maximum absolute atomic E-state index is 12.5. The molecule has 1 spiro atoms. The number of nitrogens with one attached hydrogen (secondary N) is 1. The minimum Gasteiger partial charge on any atom is -0.388 e. The molecule has 3 aliphatic rings. The molecule has 7 nitrogen and oxygen atoms in total. The van der Waals surface area contributed by atoms with E-state index >= 15 is 0 Å². The van der Waals surface area contributed by atoms with Gasteiger partial charge in [-0.15, -0.1) is 0 Å². The van der Waals surface area contributed by atoms with Crippen molar-refractivity contribution in [3.8, 4) is 6.07 Å². The molecule has 1 saturated carbocycles. The highest BCUT2D eigenvalue weighted by molar-refractivity contribution is 5.80. The van der Waals surface area contributed by atoms with Crippen molar-refractivity contribution in [2.75, 3.05) is 24.6 Å². The van der Waals surface area contributed by atoms with E-state index < -0.39 is 11.6 Å². The Balaban J connectivity index is 1.42. The van der Waals surface area contributed by atoms with Crippen molar-refractivity contribution in [2.24, 2.45) is 5.92 Å². The highest BCUT2D eigenvalue weighted by Gasteiger charge is 2.50. The van der Waals surface area contributed by atoms with Gasteiger partial charge in [-0.2, -0.15) is 5.26 Å². The van der Waals surface area contributed by atoms with Crippen molar-refractivity contribution >= 4 is 11.7 Å². The van der Waals surface area contributed by atoms with Crippen molar-refractivity contribution < 1.29 is 14.6 Å². The summed E-state index contributed by atoms with van der Waals surface area (Å²) in [5.41, 5.74) is -0.586. The molecule has 2 N–H and O–H groups in total. The number of carbonyl (C=O) groups is 1. The molecule has 28 heavy (non-hydrogen) atoms. The lowest BCUT2D eigenvalue weighted by atomic mass is 9.74. The van der Waals surface area contributed by atoms with Crippen LogP contribution in [-0.4, -0.2) is 52.9 Å². The summed E-state index contributed by atoms with van der Waals surface area (Å²) in [7, 11) is 0. The van der Waals surface area contributed by atoms with Gasteiger partial charge in [-0.1, -0.05) is 12.5 Å². The zero-order valence-electron chi connectivity index (χ0n) is 16.4. The van der Waals surface area contributed by atoms with Gasteiger partial charge >= 0.3 is 0 Å². The molecule has 3 fully saturated rings. The van der Waals surface area contributed by atoms with E-state index in [9.17, 15) is 9.90 Å². The van der Waals surface area contributed by atoms with Crippen LogP contribution in [0.25, 0.3) is 0 Å². The Morgan fingerprint density at radius 3 is 2.79 bits per heavy atom. The molecular weight excluding hydrogens is 356 g/mol. The molecule has 2 saturated heterocycles. The maximum atomic E-state index is 12.5. The largest absolute Gasteiger partial charge is 0.388 e. The normalized spacial score (nSPS) is 29.8. The summed E-state index contributed by atoms with van der Waals surface area (Å²) >= 11 is 0. The Bertz CT molecular complexity index is 780. The van der Waals surface area contributed by atoms with E-state index in [1.54, 1.807) is 6.07 Å². The van der Waals surface area contributed by atoms with Crippen molar-refractivity contribution in [3.05, 3.63) is 23.9 Å². The summed E-state index contributed by atoms with van der Waals surface area (Å²) in [4.78, 5) is 19.1. The van der Waals surface area contributed by atoms with E-state index in [0.717, 1.165) is 51.0 Å². The smallest absolute Gasteiger partial charge is 0.223 e. The maximum Gasteiger partial charge on any atom is 0.223 e. The van der Waals surface area contributed by atoms with Gasteiger partial charge in [0.25, 0.3) is 0 Å². The predicted octanol–water partition coefficient (Wildman–Crippen LogP) is 1.75. The van der Waals surface area contributed by atoms with E-state index in [-0.39, 0.29) is 24.0 Å². The first kappa shape index (κ1) is 19.2. The zero-order chi connectivity index (χ0) is 19.8. The number of nitrogens with zero attached hydrogens (tertiary/aromatic N) is 3. The number of nitriles is 1. The van der Waals surface area contributed by atoms with Crippen molar-refractivity contribution in [3.63, 3.8) is 0 Å². The van der Waals surface area contributed by atoms with Crippen LogP contribution in [0.5, 0.6) is 0 Å². The Morgan fingerprint density at radius 1 is 1.39 bits per heavy atom. The summed E-state index contributed by atoms with van der Waals surface area (Å²) in [5.74, 6) is 0.980. The Kier molecular flexibility index (Phi) is 5.02. The number of piperidine rings is 1. The molecule has 1 aromatic heterocycles. The first-order valence-corrected chi connectivity index (χ1v) is 10.2. The van der Waals surface area contributed by atoms with Gasteiger partial charge in [-0.05, 0) is 44.7 Å². The monoisotopic (exact) mass is 384 g/mol. The fourth-order valence-corrected chi connectivity index (χ4v) is 4.59. The van der Waals surface area contributed by atoms with Gasteiger partial charge in [0.05, 0.1) is 17.7 Å². The number of amides is 1. The number of carbonyl (C=O) groups excluding carboxylic acids is 1. The van der Waals surface area contributed by atoms with Gasteiger partial charge in [-0.25, -0.2) is 4.98 Å². The number of hydrogen-bond donors (Lipinski definition) is 2. The molecule has 1 aliphatic carbocycles. The number of hydrogen-bond acceptors (Lipinski definition) is 6. The SMILES string of the molecule is C[C@@]1(NC(=O)C2CCC2)CC2(CCN(c3cccc(C#N)n3)CC2)OC[C@H]1O. The van der Waals surface area contributed by atoms with E-state index in [4.69, 9.17) is 10.00 Å². The lowest BCUT2D eigenvalue weighted by Crippen LogP contribution is -2.66. The molecule has 2 atom stereocenters. The van der Waals surface area contributed by atoms with Crippen molar-refractivity contribution in [2.45, 2.75) is 62.7 Å². The van der Waals surface area contributed by atoms with Crippen LogP contribution in [0.2, 0.25) is 0 Å². The number of rotatable bonds is 3. The molecule has 7 heteroatoms. The van der Waals surface area contributed by atoms with Gasteiger partial charge < -0.3 is 20.1 Å². The number of aliphatic hydroxyl groups excluding tert-OH is 1. The highest BCUT2D eigenvalue weighted by Crippen LogP contribution is 2.41. The van der Waals surface area contributed by atoms with E-state index in [0.29, 0.717) is 12.1 Å². The second kappa shape index (κ2) is 7.34. The van der Waals surface area contributed by atoms with Crippen LogP contribution in [-0.2, 0) is 9.53 Å². The highest BCUT2D eigenvalue weighted by atomic mass is 16.5. The molecule has 0 unspecified atom stereocenters. The van der Waals surface area contributed by atoms with Gasteiger partial charge in [0.15, 0.2) is 0 Å². The number of ether oxygens (including phenoxy) is 1. The number of aromatic nitrogens is 1. The average molecular weight is 384 g/mol. The van der Waals surface area contributed by atoms with Crippen LogP contribution in [0, 0.1) is 17.2 Å². The zero-order valence-corrected chi connectivity index (χ0v) is 16.4. The summed E-state index contributed by atoms with van der Waals surface area (Å²) in [6.07, 6.45) is 4.52. The van der Waals surface area contributed by atoms with Crippen molar-refractivity contribution in [1.29, 1.82) is 5.26 Å². The molecule has 0 radical (unpaired) electrons. The minimum atomic E-state index is -0.700. The second-order valence-electron chi connectivity index (χ2n) is 8.70. The van der Waals surface area contributed by atoms with Crippen LogP contribution in [0.4, 0.5) is 5.82 Å². The predicted molar refractivity (Wildman–Crippen MR) is 104 cm³/mol. The lowest BCUT2D eigenvalue weighted by Gasteiger charge is -2.52. The van der Waals surface area contributed by atoms with Gasteiger partial charge in [0.1, 0.15) is 23.7 Å². The Labute approximate surface area is 165 Å². The minimum absolute atomic E-state index is 0.0693. The third-order valence-corrected chi connectivity index (χ3v) is 6.70. The summed E-state index contributed by atoms with van der Waals surface area (Å²) in [6.45, 7) is 3.72. The first-order valence-electron chi connectivity index (χ1n) is 10.2. The quantitative estimate of drug-likeness (QED) is 0.824. The molecule has 0 bridgehead atoms. The second-order valence-corrected chi connectivity index (χ2v) is 8.70. The molecule has 2 aliphatic heterocycles. The molecule has 4 rings (SSSR count). The van der Waals surface area contributed by atoms with E-state index in [2.05, 4.69) is 21.3 Å². The van der Waals surface area contributed by atoms with Gasteiger partial charge in [0, 0.05) is 25.4 Å². The molecule has 1 aromatic rings. The standard InChI is InChI=1S/C21H28N4O3/c1-20(24-19(27)15-4-2-5-15)14-21(28-13-17(20)26)8-10-25(11-9-21)18-7-3-6-16(12-22)23-18/h3,6-7,15,17,26H,2,4-5,8-11,13-14H2,1H3,(H,24,27)/t17-,20-/m1/s1. The molecule has 3 heterocycles. The topological polar surface area (TPSA) is 98.5 Å².